The summed E-state index contributed by atoms with van der Waals surface area (Å²) in [5, 5.41) is 6.50. The van der Waals surface area contributed by atoms with Crippen LogP contribution in [0.15, 0.2) is 30.3 Å². The zero-order valence-electron chi connectivity index (χ0n) is 13.4. The number of nitrogens with one attached hydrogen (secondary N) is 2. The van der Waals surface area contributed by atoms with E-state index in [9.17, 15) is 4.79 Å². The summed E-state index contributed by atoms with van der Waals surface area (Å²) in [6, 6.07) is 10.2. The quantitative estimate of drug-likeness (QED) is 0.845. The van der Waals surface area contributed by atoms with E-state index in [0.29, 0.717) is 6.04 Å². The lowest BCUT2D eigenvalue weighted by molar-refractivity contribution is -0.124. The lowest BCUT2D eigenvalue weighted by Gasteiger charge is -2.30. The van der Waals surface area contributed by atoms with Crippen LogP contribution in [0.1, 0.15) is 26.7 Å². The Morgan fingerprint density at radius 2 is 2.10 bits per heavy atom. The molecular weight excluding hydrogens is 262 g/mol. The minimum absolute atomic E-state index is 0.0694. The highest BCUT2D eigenvalue weighted by atomic mass is 16.2. The number of benzene rings is 1. The minimum atomic E-state index is -0.413. The van der Waals surface area contributed by atoms with Gasteiger partial charge in [-0.15, -0.1) is 0 Å². The molecule has 1 aliphatic rings. The summed E-state index contributed by atoms with van der Waals surface area (Å²) >= 11 is 0. The first-order chi connectivity index (χ1) is 9.97. The Balaban J connectivity index is 1.85. The number of hydrogen-bond acceptors (Lipinski definition) is 3. The molecule has 0 bridgehead atoms. The molecule has 1 heterocycles. The second-order valence-electron chi connectivity index (χ2n) is 6.69. The fourth-order valence-corrected chi connectivity index (χ4v) is 2.92. The topological polar surface area (TPSA) is 44.4 Å². The van der Waals surface area contributed by atoms with Crippen LogP contribution in [0.5, 0.6) is 0 Å². The van der Waals surface area contributed by atoms with Gasteiger partial charge in [-0.1, -0.05) is 18.2 Å². The Kier molecular flexibility index (Phi) is 5.37. The highest BCUT2D eigenvalue weighted by molar-refractivity contribution is 5.94. The fraction of sp³-hybridized carbons (Fsp3) is 0.588. The van der Waals surface area contributed by atoms with Crippen LogP contribution >= 0.6 is 0 Å². The average molecular weight is 289 g/mol. The summed E-state index contributed by atoms with van der Waals surface area (Å²) in [6.07, 6.45) is 2.50. The molecule has 1 unspecified atom stereocenters. The van der Waals surface area contributed by atoms with Gasteiger partial charge in [0.25, 0.3) is 0 Å². The van der Waals surface area contributed by atoms with Crippen LogP contribution in [-0.4, -0.2) is 43.5 Å². The molecule has 21 heavy (non-hydrogen) atoms. The summed E-state index contributed by atoms with van der Waals surface area (Å²) in [7, 11) is 2.09. The van der Waals surface area contributed by atoms with Gasteiger partial charge in [-0.25, -0.2) is 0 Å². The lowest BCUT2D eigenvalue weighted by Crippen LogP contribution is -2.44. The molecule has 116 valence electrons. The number of carbonyl (C=O) groups excluding carboxylic acids is 1. The number of nitrogens with zero attached hydrogens (tertiary/aromatic N) is 1. The van der Waals surface area contributed by atoms with E-state index in [0.717, 1.165) is 25.3 Å². The van der Waals surface area contributed by atoms with E-state index < -0.39 is 5.41 Å². The molecule has 2 rings (SSSR count). The zero-order chi connectivity index (χ0) is 15.3. The smallest absolute Gasteiger partial charge is 0.231 e. The third-order valence-electron chi connectivity index (χ3n) is 4.01. The summed E-state index contributed by atoms with van der Waals surface area (Å²) in [5.74, 6) is 0.0694. The highest BCUT2D eigenvalue weighted by Gasteiger charge is 2.30. The van der Waals surface area contributed by atoms with Crippen LogP contribution in [-0.2, 0) is 4.79 Å². The van der Waals surface area contributed by atoms with Crippen LogP contribution in [0.4, 0.5) is 5.69 Å². The van der Waals surface area contributed by atoms with Gasteiger partial charge in [-0.05, 0) is 52.4 Å². The van der Waals surface area contributed by atoms with Gasteiger partial charge in [0.1, 0.15) is 0 Å². The van der Waals surface area contributed by atoms with Crippen molar-refractivity contribution in [2.75, 3.05) is 32.0 Å². The van der Waals surface area contributed by atoms with Gasteiger partial charge in [-0.2, -0.15) is 0 Å². The normalized spacial score (nSPS) is 19.0. The van der Waals surface area contributed by atoms with Crippen molar-refractivity contribution >= 4 is 11.6 Å². The van der Waals surface area contributed by atoms with Gasteiger partial charge in [0.2, 0.25) is 5.91 Å². The summed E-state index contributed by atoms with van der Waals surface area (Å²) < 4.78 is 0. The molecule has 4 nitrogen and oxygen atoms in total. The van der Waals surface area contributed by atoms with E-state index in [1.54, 1.807) is 0 Å². The third kappa shape index (κ3) is 4.83. The highest BCUT2D eigenvalue weighted by Crippen LogP contribution is 2.20. The maximum Gasteiger partial charge on any atom is 0.231 e. The van der Waals surface area contributed by atoms with E-state index in [1.165, 1.54) is 12.8 Å². The van der Waals surface area contributed by atoms with Crippen molar-refractivity contribution in [3.63, 3.8) is 0 Å². The predicted molar refractivity (Wildman–Crippen MR) is 87.4 cm³/mol. The summed E-state index contributed by atoms with van der Waals surface area (Å²) in [4.78, 5) is 14.7. The van der Waals surface area contributed by atoms with E-state index in [4.69, 9.17) is 0 Å². The van der Waals surface area contributed by atoms with E-state index in [1.807, 2.05) is 44.2 Å². The molecule has 0 saturated carbocycles. The Morgan fingerprint density at radius 3 is 2.71 bits per heavy atom. The van der Waals surface area contributed by atoms with E-state index in [-0.39, 0.29) is 5.91 Å². The second-order valence-corrected chi connectivity index (χ2v) is 6.69. The Hall–Kier alpha value is -1.39. The van der Waals surface area contributed by atoms with Gasteiger partial charge in [0, 0.05) is 24.8 Å². The maximum absolute atomic E-state index is 12.5. The van der Waals surface area contributed by atoms with Crippen LogP contribution in [0.25, 0.3) is 0 Å². The largest absolute Gasteiger partial charge is 0.326 e. The number of rotatable bonds is 6. The standard InChI is InChI=1S/C17H27N3O/c1-17(2,13-20(3)12-15-10-7-11-18-15)16(21)19-14-8-5-4-6-9-14/h4-6,8-9,15,18H,7,10-13H2,1-3H3,(H,19,21). The van der Waals surface area contributed by atoms with Gasteiger partial charge in [0.05, 0.1) is 5.41 Å². The molecule has 1 atom stereocenters. The van der Waals surface area contributed by atoms with Crippen molar-refractivity contribution in [1.82, 2.24) is 10.2 Å². The molecule has 0 aliphatic carbocycles. The average Bonchev–Trinajstić information content (AvgIpc) is 2.91. The number of hydrogen-bond donors (Lipinski definition) is 2. The molecule has 4 heteroatoms. The fourth-order valence-electron chi connectivity index (χ4n) is 2.92. The number of carbonyl (C=O) groups is 1. The molecule has 1 aliphatic heterocycles. The van der Waals surface area contributed by atoms with Gasteiger partial charge >= 0.3 is 0 Å². The Labute approximate surface area is 127 Å². The van der Waals surface area contributed by atoms with Gasteiger partial charge in [0.15, 0.2) is 0 Å². The third-order valence-corrected chi connectivity index (χ3v) is 4.01. The van der Waals surface area contributed by atoms with Crippen LogP contribution in [0.2, 0.25) is 0 Å². The first-order valence-corrected chi connectivity index (χ1v) is 7.76. The van der Waals surface area contributed by atoms with Crippen LogP contribution in [0, 0.1) is 5.41 Å². The van der Waals surface area contributed by atoms with Crippen molar-refractivity contribution in [3.8, 4) is 0 Å². The van der Waals surface area contributed by atoms with Gasteiger partial charge in [-0.3, -0.25) is 4.79 Å². The van der Waals surface area contributed by atoms with Gasteiger partial charge < -0.3 is 15.5 Å². The van der Waals surface area contributed by atoms with E-state index >= 15 is 0 Å². The molecule has 0 aromatic heterocycles. The molecule has 1 saturated heterocycles. The number of anilines is 1. The van der Waals surface area contributed by atoms with Crippen LogP contribution < -0.4 is 10.6 Å². The summed E-state index contributed by atoms with van der Waals surface area (Å²) in [6.45, 7) is 6.88. The van der Waals surface area contributed by atoms with Crippen molar-refractivity contribution in [2.24, 2.45) is 5.41 Å². The molecule has 1 fully saturated rings. The second kappa shape index (κ2) is 7.05. The van der Waals surface area contributed by atoms with Crippen molar-refractivity contribution in [2.45, 2.75) is 32.7 Å². The predicted octanol–water partition coefficient (Wildman–Crippen LogP) is 2.34. The molecule has 0 spiro atoms. The van der Waals surface area contributed by atoms with Crippen molar-refractivity contribution in [3.05, 3.63) is 30.3 Å². The van der Waals surface area contributed by atoms with Crippen LogP contribution in [0.3, 0.4) is 0 Å². The first-order valence-electron chi connectivity index (χ1n) is 7.76. The van der Waals surface area contributed by atoms with Crippen molar-refractivity contribution < 1.29 is 4.79 Å². The molecule has 1 aromatic carbocycles. The number of likely N-dealkylation sites (N-methyl/N-ethyl adjacent to an activating group) is 1. The van der Waals surface area contributed by atoms with E-state index in [2.05, 4.69) is 22.6 Å². The molecule has 1 amide bonds. The SMILES string of the molecule is CN(CC1CCCN1)CC(C)(C)C(=O)Nc1ccccc1. The Bertz CT molecular complexity index is 452. The zero-order valence-corrected chi connectivity index (χ0v) is 13.4. The Morgan fingerprint density at radius 1 is 1.38 bits per heavy atom. The molecule has 1 aromatic rings. The first kappa shape index (κ1) is 16.0. The molecule has 2 N–H and O–H groups in total. The molecular formula is C17H27N3O. The minimum Gasteiger partial charge on any atom is -0.326 e. The number of para-hydroxylation sites is 1. The number of amides is 1. The van der Waals surface area contributed by atoms with Crippen molar-refractivity contribution in [1.29, 1.82) is 0 Å². The lowest BCUT2D eigenvalue weighted by atomic mass is 9.91. The monoisotopic (exact) mass is 289 g/mol. The molecule has 0 radical (unpaired) electrons. The summed E-state index contributed by atoms with van der Waals surface area (Å²) in [5.41, 5.74) is 0.444. The maximum atomic E-state index is 12.5.